The van der Waals surface area contributed by atoms with E-state index in [1.54, 1.807) is 6.20 Å². The zero-order valence-corrected chi connectivity index (χ0v) is 16.7. The second-order valence-corrected chi connectivity index (χ2v) is 7.52. The minimum absolute atomic E-state index is 0.0224. The van der Waals surface area contributed by atoms with Gasteiger partial charge in [0.05, 0.1) is 30.2 Å². The molecular formula is C21H21Cl2N3O. The molecule has 3 rings (SSSR count). The zero-order valence-electron chi connectivity index (χ0n) is 15.2. The van der Waals surface area contributed by atoms with Gasteiger partial charge in [0.25, 0.3) is 0 Å². The third-order valence-electron chi connectivity index (χ3n) is 4.34. The van der Waals surface area contributed by atoms with Gasteiger partial charge in [-0.15, -0.1) is 0 Å². The topological polar surface area (TPSA) is 58.0 Å². The van der Waals surface area contributed by atoms with E-state index in [0.29, 0.717) is 15.9 Å². The van der Waals surface area contributed by atoms with Crippen LogP contribution in [0.3, 0.4) is 0 Å². The molecule has 0 spiro atoms. The highest BCUT2D eigenvalue weighted by atomic mass is 35.5. The Morgan fingerprint density at radius 3 is 1.89 bits per heavy atom. The van der Waals surface area contributed by atoms with Crippen LogP contribution in [-0.2, 0) is 0 Å². The van der Waals surface area contributed by atoms with Crippen molar-refractivity contribution in [3.05, 3.63) is 64.8 Å². The number of halogens is 2. The first-order chi connectivity index (χ1) is 13.0. The molecule has 0 amide bonds. The van der Waals surface area contributed by atoms with Crippen LogP contribution in [0, 0.1) is 5.92 Å². The highest BCUT2D eigenvalue weighted by Crippen LogP contribution is 2.31. The summed E-state index contributed by atoms with van der Waals surface area (Å²) in [5.74, 6) is 0.872. The molecule has 6 heteroatoms. The first-order valence-corrected chi connectivity index (χ1v) is 9.50. The van der Waals surface area contributed by atoms with Crippen LogP contribution < -0.4 is 5.32 Å². The lowest BCUT2D eigenvalue weighted by atomic mass is 10.0. The molecule has 1 unspecified atom stereocenters. The molecule has 0 aliphatic heterocycles. The summed E-state index contributed by atoms with van der Waals surface area (Å²) in [6.07, 6.45) is 1.69. The van der Waals surface area contributed by atoms with Crippen LogP contribution in [0.1, 0.15) is 13.8 Å². The Kier molecular flexibility index (Phi) is 6.32. The van der Waals surface area contributed by atoms with E-state index in [0.717, 1.165) is 22.5 Å². The second kappa shape index (κ2) is 8.70. The maximum absolute atomic E-state index is 9.60. The lowest BCUT2D eigenvalue weighted by Gasteiger charge is -2.21. The van der Waals surface area contributed by atoms with Crippen molar-refractivity contribution < 1.29 is 5.11 Å². The Labute approximate surface area is 169 Å². The van der Waals surface area contributed by atoms with Crippen LogP contribution in [0.25, 0.3) is 22.5 Å². The van der Waals surface area contributed by atoms with Crippen molar-refractivity contribution in [1.29, 1.82) is 0 Å². The molecule has 27 heavy (non-hydrogen) atoms. The Morgan fingerprint density at radius 1 is 0.889 bits per heavy atom. The Bertz CT molecular complexity index is 896. The summed E-state index contributed by atoms with van der Waals surface area (Å²) in [5.41, 5.74) is 3.32. The van der Waals surface area contributed by atoms with Crippen LogP contribution in [0.15, 0.2) is 54.7 Å². The highest BCUT2D eigenvalue weighted by molar-refractivity contribution is 6.31. The van der Waals surface area contributed by atoms with E-state index in [-0.39, 0.29) is 18.6 Å². The second-order valence-electron chi connectivity index (χ2n) is 6.64. The predicted molar refractivity (Wildman–Crippen MR) is 112 cm³/mol. The van der Waals surface area contributed by atoms with Crippen molar-refractivity contribution in [2.75, 3.05) is 11.9 Å². The maximum Gasteiger partial charge on any atom is 0.145 e. The molecule has 0 fully saturated rings. The third-order valence-corrected chi connectivity index (χ3v) is 4.85. The number of hydrogen-bond donors (Lipinski definition) is 2. The quantitative estimate of drug-likeness (QED) is 0.568. The Balaban J connectivity index is 2.07. The molecule has 0 aliphatic carbocycles. The summed E-state index contributed by atoms with van der Waals surface area (Å²) >= 11 is 12.1. The van der Waals surface area contributed by atoms with Crippen molar-refractivity contribution in [2.45, 2.75) is 19.9 Å². The van der Waals surface area contributed by atoms with Gasteiger partial charge in [-0.25, -0.2) is 4.98 Å². The molecule has 1 aromatic heterocycles. The normalized spacial score (nSPS) is 12.2. The summed E-state index contributed by atoms with van der Waals surface area (Å²) in [6.45, 7) is 4.11. The maximum atomic E-state index is 9.60. The van der Waals surface area contributed by atoms with Crippen molar-refractivity contribution in [3.8, 4) is 22.5 Å². The Morgan fingerprint density at radius 2 is 1.41 bits per heavy atom. The van der Waals surface area contributed by atoms with Crippen LogP contribution in [0.4, 0.5) is 5.82 Å². The number of benzene rings is 2. The monoisotopic (exact) mass is 401 g/mol. The minimum Gasteiger partial charge on any atom is -0.394 e. The number of aromatic nitrogens is 2. The molecule has 4 nitrogen and oxygen atoms in total. The van der Waals surface area contributed by atoms with Gasteiger partial charge in [-0.2, -0.15) is 0 Å². The summed E-state index contributed by atoms with van der Waals surface area (Å²) < 4.78 is 0. The van der Waals surface area contributed by atoms with Gasteiger partial charge in [-0.05, 0) is 30.2 Å². The lowest BCUT2D eigenvalue weighted by Crippen LogP contribution is -2.30. The number of hydrogen-bond acceptors (Lipinski definition) is 4. The fourth-order valence-corrected chi connectivity index (χ4v) is 2.95. The zero-order chi connectivity index (χ0) is 19.4. The SMILES string of the molecule is CC(C)C(CO)Nc1cnc(-c2ccc(Cl)cc2)c(-c2ccc(Cl)cc2)n1. The summed E-state index contributed by atoms with van der Waals surface area (Å²) in [4.78, 5) is 9.42. The molecule has 0 radical (unpaired) electrons. The van der Waals surface area contributed by atoms with Crippen LogP contribution in [-0.4, -0.2) is 27.7 Å². The fraction of sp³-hybridized carbons (Fsp3) is 0.238. The van der Waals surface area contributed by atoms with Crippen molar-refractivity contribution in [3.63, 3.8) is 0 Å². The van der Waals surface area contributed by atoms with Crippen LogP contribution in [0.5, 0.6) is 0 Å². The summed E-state index contributed by atoms with van der Waals surface area (Å²) in [7, 11) is 0. The number of rotatable bonds is 6. The fourth-order valence-electron chi connectivity index (χ4n) is 2.70. The van der Waals surface area contributed by atoms with Gasteiger partial charge in [0.15, 0.2) is 0 Å². The molecule has 2 aromatic carbocycles. The Hall–Kier alpha value is -2.14. The van der Waals surface area contributed by atoms with Crippen molar-refractivity contribution in [1.82, 2.24) is 9.97 Å². The number of anilines is 1. The predicted octanol–water partition coefficient (Wildman–Crippen LogP) is 5.55. The van der Waals surface area contributed by atoms with E-state index < -0.39 is 0 Å². The molecule has 2 N–H and O–H groups in total. The molecule has 140 valence electrons. The minimum atomic E-state index is -0.0984. The summed E-state index contributed by atoms with van der Waals surface area (Å²) in [5, 5.41) is 14.2. The van der Waals surface area contributed by atoms with E-state index in [4.69, 9.17) is 28.2 Å². The van der Waals surface area contributed by atoms with Gasteiger partial charge in [-0.1, -0.05) is 61.3 Å². The van der Waals surface area contributed by atoms with E-state index in [1.165, 1.54) is 0 Å². The van der Waals surface area contributed by atoms with Gasteiger partial charge < -0.3 is 10.4 Å². The van der Waals surface area contributed by atoms with Gasteiger partial charge in [0.1, 0.15) is 5.82 Å². The number of nitrogens with zero attached hydrogens (tertiary/aromatic N) is 2. The van der Waals surface area contributed by atoms with Crippen LogP contribution in [0.2, 0.25) is 10.0 Å². The third kappa shape index (κ3) is 4.78. The molecule has 0 saturated carbocycles. The van der Waals surface area contributed by atoms with Crippen molar-refractivity contribution in [2.24, 2.45) is 5.92 Å². The molecule has 3 aromatic rings. The molecule has 0 saturated heterocycles. The largest absolute Gasteiger partial charge is 0.394 e. The van der Waals surface area contributed by atoms with Gasteiger partial charge in [0.2, 0.25) is 0 Å². The van der Waals surface area contributed by atoms with Gasteiger partial charge in [0, 0.05) is 21.2 Å². The molecule has 1 atom stereocenters. The van der Waals surface area contributed by atoms with E-state index in [9.17, 15) is 5.11 Å². The van der Waals surface area contributed by atoms with Crippen molar-refractivity contribution >= 4 is 29.0 Å². The number of aliphatic hydroxyl groups excluding tert-OH is 1. The molecule has 1 heterocycles. The first kappa shape index (κ1) is 19.6. The van der Waals surface area contributed by atoms with Gasteiger partial charge >= 0.3 is 0 Å². The van der Waals surface area contributed by atoms with E-state index >= 15 is 0 Å². The average molecular weight is 402 g/mol. The summed E-state index contributed by atoms with van der Waals surface area (Å²) in [6, 6.07) is 14.9. The average Bonchev–Trinajstić information content (AvgIpc) is 2.67. The standard InChI is InChI=1S/C21H21Cl2N3O/c1-13(2)18(12-27)25-19-11-24-20(14-3-7-16(22)8-4-14)21(26-19)15-5-9-17(23)10-6-15/h3-11,13,18,27H,12H2,1-2H3,(H,25,26). The smallest absolute Gasteiger partial charge is 0.145 e. The number of nitrogens with one attached hydrogen (secondary N) is 1. The molecule has 0 aliphatic rings. The van der Waals surface area contributed by atoms with E-state index in [1.807, 2.05) is 62.4 Å². The molecular weight excluding hydrogens is 381 g/mol. The van der Waals surface area contributed by atoms with Gasteiger partial charge in [-0.3, -0.25) is 4.98 Å². The van der Waals surface area contributed by atoms with Crippen LogP contribution >= 0.6 is 23.2 Å². The number of aliphatic hydroxyl groups is 1. The lowest BCUT2D eigenvalue weighted by molar-refractivity contribution is 0.249. The molecule has 0 bridgehead atoms. The first-order valence-electron chi connectivity index (χ1n) is 8.74. The van der Waals surface area contributed by atoms with E-state index in [2.05, 4.69) is 10.3 Å². The highest BCUT2D eigenvalue weighted by Gasteiger charge is 2.16.